The molecule has 3 rings (SSSR count). The summed E-state index contributed by atoms with van der Waals surface area (Å²) in [4.78, 5) is 0. The summed E-state index contributed by atoms with van der Waals surface area (Å²) in [7, 11) is 4.16. The van der Waals surface area contributed by atoms with Crippen molar-refractivity contribution in [3.63, 3.8) is 0 Å². The Labute approximate surface area is 121 Å². The number of benzene rings is 1. The van der Waals surface area contributed by atoms with E-state index < -0.39 is 0 Å². The van der Waals surface area contributed by atoms with Crippen molar-refractivity contribution in [2.45, 2.75) is 38.1 Å². The number of aromatic nitrogens is 1. The van der Waals surface area contributed by atoms with E-state index in [2.05, 4.69) is 54.8 Å². The highest BCUT2D eigenvalue weighted by atomic mass is 14.9. The first-order valence-electron chi connectivity index (χ1n) is 7.50. The van der Waals surface area contributed by atoms with E-state index >= 15 is 0 Å². The van der Waals surface area contributed by atoms with Gasteiger partial charge in [-0.25, -0.2) is 0 Å². The van der Waals surface area contributed by atoms with Crippen molar-refractivity contribution in [2.24, 2.45) is 7.05 Å². The Morgan fingerprint density at radius 3 is 2.80 bits per heavy atom. The summed E-state index contributed by atoms with van der Waals surface area (Å²) in [6.45, 7) is 6.18. The van der Waals surface area contributed by atoms with Crippen molar-refractivity contribution in [1.29, 1.82) is 0 Å². The zero-order valence-electron chi connectivity index (χ0n) is 12.7. The minimum absolute atomic E-state index is 0.351. The van der Waals surface area contributed by atoms with Crippen molar-refractivity contribution in [1.82, 2.24) is 9.88 Å². The summed E-state index contributed by atoms with van der Waals surface area (Å²) in [5.41, 5.74) is 5.47. The molecule has 0 bridgehead atoms. The zero-order valence-corrected chi connectivity index (χ0v) is 12.7. The lowest BCUT2D eigenvalue weighted by atomic mass is 9.99. The molecule has 1 aromatic carbocycles. The normalized spacial score (nSPS) is 16.6. The number of fused-ring (bicyclic) bond motifs is 1. The van der Waals surface area contributed by atoms with Gasteiger partial charge in [-0.3, -0.25) is 0 Å². The summed E-state index contributed by atoms with van der Waals surface area (Å²) >= 11 is 0. The molecule has 1 aliphatic rings. The Morgan fingerprint density at radius 1 is 1.45 bits per heavy atom. The van der Waals surface area contributed by atoms with E-state index in [1.54, 1.807) is 0 Å². The van der Waals surface area contributed by atoms with Gasteiger partial charge in [-0.15, -0.1) is 0 Å². The third-order valence-corrected chi connectivity index (χ3v) is 4.51. The van der Waals surface area contributed by atoms with Crippen molar-refractivity contribution in [3.05, 3.63) is 47.7 Å². The lowest BCUT2D eigenvalue weighted by Crippen LogP contribution is -2.28. The minimum Gasteiger partial charge on any atom is -0.350 e. The van der Waals surface area contributed by atoms with Crippen LogP contribution in [0.3, 0.4) is 0 Å². The van der Waals surface area contributed by atoms with Gasteiger partial charge < -0.3 is 9.88 Å². The smallest absolute Gasteiger partial charge is 0.0483 e. The highest BCUT2D eigenvalue weighted by molar-refractivity contribution is 5.85. The third-order valence-electron chi connectivity index (χ3n) is 4.51. The number of hydrogen-bond acceptors (Lipinski definition) is 1. The summed E-state index contributed by atoms with van der Waals surface area (Å²) in [5, 5.41) is 4.74. The maximum atomic E-state index is 4.09. The minimum atomic E-state index is 0.351. The van der Waals surface area contributed by atoms with Gasteiger partial charge in [0.15, 0.2) is 0 Å². The van der Waals surface area contributed by atoms with Crippen molar-refractivity contribution in [3.8, 4) is 0 Å². The largest absolute Gasteiger partial charge is 0.350 e. The molecule has 1 aliphatic carbocycles. The molecule has 1 heterocycles. The molecule has 1 atom stereocenters. The SMILES string of the molecule is C=C(C)C(Cc1cn(C)c2cc(C3CC3)ccc12)NC. The molecule has 0 radical (unpaired) electrons. The first-order valence-corrected chi connectivity index (χ1v) is 7.50. The van der Waals surface area contributed by atoms with Crippen LogP contribution in [0.5, 0.6) is 0 Å². The predicted octanol–water partition coefficient (Wildman–Crippen LogP) is 3.76. The lowest BCUT2D eigenvalue weighted by molar-refractivity contribution is 0.635. The van der Waals surface area contributed by atoms with Crippen molar-refractivity contribution >= 4 is 10.9 Å². The van der Waals surface area contributed by atoms with E-state index in [4.69, 9.17) is 0 Å². The van der Waals surface area contributed by atoms with Crippen LogP contribution in [0.1, 0.15) is 36.8 Å². The summed E-state index contributed by atoms with van der Waals surface area (Å²) in [6, 6.07) is 7.36. The van der Waals surface area contributed by atoms with E-state index in [9.17, 15) is 0 Å². The van der Waals surface area contributed by atoms with Gasteiger partial charge in [0.1, 0.15) is 0 Å². The monoisotopic (exact) mass is 268 g/mol. The quantitative estimate of drug-likeness (QED) is 0.817. The fourth-order valence-corrected chi connectivity index (χ4v) is 3.06. The molecule has 1 saturated carbocycles. The van der Waals surface area contributed by atoms with E-state index in [-0.39, 0.29) is 0 Å². The van der Waals surface area contributed by atoms with Crippen LogP contribution >= 0.6 is 0 Å². The molecule has 1 unspecified atom stereocenters. The molecule has 0 amide bonds. The van der Waals surface area contributed by atoms with Gasteiger partial charge in [0.05, 0.1) is 0 Å². The molecule has 0 spiro atoms. The fraction of sp³-hybridized carbons (Fsp3) is 0.444. The van der Waals surface area contributed by atoms with Crippen LogP contribution in [0, 0.1) is 0 Å². The lowest BCUT2D eigenvalue weighted by Gasteiger charge is -2.15. The number of likely N-dealkylation sites (N-methyl/N-ethyl adjacent to an activating group) is 1. The molecule has 2 aromatic rings. The van der Waals surface area contributed by atoms with Crippen LogP contribution in [-0.2, 0) is 13.5 Å². The third kappa shape index (κ3) is 2.40. The van der Waals surface area contributed by atoms with Crippen LogP contribution in [0.25, 0.3) is 10.9 Å². The van der Waals surface area contributed by atoms with E-state index in [0.29, 0.717) is 6.04 Å². The Balaban J connectivity index is 1.97. The van der Waals surface area contributed by atoms with Gasteiger partial charge in [0.25, 0.3) is 0 Å². The van der Waals surface area contributed by atoms with Gasteiger partial charge in [-0.1, -0.05) is 24.3 Å². The van der Waals surface area contributed by atoms with Gasteiger partial charge in [0.2, 0.25) is 0 Å². The highest BCUT2D eigenvalue weighted by Crippen LogP contribution is 2.41. The van der Waals surface area contributed by atoms with Gasteiger partial charge in [-0.2, -0.15) is 0 Å². The number of rotatable bonds is 5. The van der Waals surface area contributed by atoms with Crippen LogP contribution in [-0.4, -0.2) is 17.7 Å². The second-order valence-electron chi connectivity index (χ2n) is 6.21. The average Bonchev–Trinajstić information content (AvgIpc) is 3.22. The Morgan fingerprint density at radius 2 is 2.20 bits per heavy atom. The molecule has 0 saturated heterocycles. The first-order chi connectivity index (χ1) is 9.60. The standard InChI is InChI=1S/C18H24N2/c1-12(2)17(19-3)9-15-11-20(4)18-10-14(13-5-6-13)7-8-16(15)18/h7-8,10-11,13,17,19H,1,5-6,9H2,2-4H3. The molecule has 0 aliphatic heterocycles. The number of nitrogens with one attached hydrogen (secondary N) is 1. The van der Waals surface area contributed by atoms with Crippen LogP contribution in [0.15, 0.2) is 36.5 Å². The van der Waals surface area contributed by atoms with Crippen LogP contribution in [0.2, 0.25) is 0 Å². The number of nitrogens with zero attached hydrogens (tertiary/aromatic N) is 1. The maximum Gasteiger partial charge on any atom is 0.0483 e. The van der Waals surface area contributed by atoms with Gasteiger partial charge in [-0.05, 0) is 56.3 Å². The Hall–Kier alpha value is -1.54. The molecule has 2 heteroatoms. The van der Waals surface area contributed by atoms with Crippen LogP contribution in [0.4, 0.5) is 0 Å². The Kier molecular flexibility index (Phi) is 3.43. The second kappa shape index (κ2) is 5.10. The van der Waals surface area contributed by atoms with E-state index in [1.807, 2.05) is 7.05 Å². The summed E-state index contributed by atoms with van der Waals surface area (Å²) in [5.74, 6) is 0.818. The summed E-state index contributed by atoms with van der Waals surface area (Å²) in [6.07, 6.45) is 6.00. The van der Waals surface area contributed by atoms with Crippen LogP contribution < -0.4 is 5.32 Å². The predicted molar refractivity (Wildman–Crippen MR) is 86.3 cm³/mol. The van der Waals surface area contributed by atoms with Crippen molar-refractivity contribution in [2.75, 3.05) is 7.05 Å². The number of hydrogen-bond donors (Lipinski definition) is 1. The van der Waals surface area contributed by atoms with Crippen molar-refractivity contribution < 1.29 is 0 Å². The topological polar surface area (TPSA) is 17.0 Å². The first kappa shape index (κ1) is 13.4. The molecular weight excluding hydrogens is 244 g/mol. The van der Waals surface area contributed by atoms with Gasteiger partial charge >= 0.3 is 0 Å². The van der Waals surface area contributed by atoms with E-state index in [1.165, 1.54) is 40.4 Å². The Bertz CT molecular complexity index is 647. The molecule has 106 valence electrons. The molecule has 1 aromatic heterocycles. The molecule has 1 fully saturated rings. The highest BCUT2D eigenvalue weighted by Gasteiger charge is 2.24. The van der Waals surface area contributed by atoms with E-state index in [0.717, 1.165) is 12.3 Å². The second-order valence-corrected chi connectivity index (χ2v) is 6.21. The molecular formula is C18H24N2. The molecule has 20 heavy (non-hydrogen) atoms. The molecule has 1 N–H and O–H groups in total. The average molecular weight is 268 g/mol. The summed E-state index contributed by atoms with van der Waals surface area (Å²) < 4.78 is 2.27. The maximum absolute atomic E-state index is 4.09. The zero-order chi connectivity index (χ0) is 14.3. The fourth-order valence-electron chi connectivity index (χ4n) is 3.06. The number of aryl methyl sites for hydroxylation is 1. The molecule has 2 nitrogen and oxygen atoms in total. The van der Waals surface area contributed by atoms with Gasteiger partial charge in [0, 0.05) is 30.2 Å².